The molecular formula is C13H22NO+. The van der Waals surface area contributed by atoms with Crippen LogP contribution in [0.4, 0.5) is 5.69 Å². The summed E-state index contributed by atoms with van der Waals surface area (Å²) in [5.74, 6) is 0.833. The molecule has 0 atom stereocenters. The van der Waals surface area contributed by atoms with Crippen LogP contribution in [-0.4, -0.2) is 26.2 Å². The summed E-state index contributed by atoms with van der Waals surface area (Å²) in [7, 11) is 6.45. The standard InChI is InChI=1S/C13H21NO/c1-9(2)11-8-13(15)10(3)7-12(11)14(4,5)6/h7-9H,1-6H3/p+1. The summed E-state index contributed by atoms with van der Waals surface area (Å²) >= 11 is 0. The Balaban J connectivity index is 3.42. The zero-order valence-corrected chi connectivity index (χ0v) is 10.6. The van der Waals surface area contributed by atoms with Gasteiger partial charge in [0.25, 0.3) is 0 Å². The number of phenols is 1. The van der Waals surface area contributed by atoms with Gasteiger partial charge >= 0.3 is 0 Å². The Hall–Kier alpha value is -1.02. The second kappa shape index (κ2) is 3.86. The van der Waals surface area contributed by atoms with Crippen LogP contribution in [0.5, 0.6) is 5.75 Å². The number of phenolic OH excluding ortho intramolecular Hbond substituents is 1. The summed E-state index contributed by atoms with van der Waals surface area (Å²) in [5, 5.41) is 9.73. The highest BCUT2D eigenvalue weighted by Crippen LogP contribution is 2.34. The number of benzene rings is 1. The monoisotopic (exact) mass is 208 g/mol. The molecule has 84 valence electrons. The van der Waals surface area contributed by atoms with Gasteiger partial charge in [0.2, 0.25) is 0 Å². The Bertz CT molecular complexity index is 362. The predicted octanol–water partition coefficient (Wildman–Crippen LogP) is 3.02. The van der Waals surface area contributed by atoms with Gasteiger partial charge < -0.3 is 5.11 Å². The highest BCUT2D eigenvalue weighted by molar-refractivity contribution is 5.57. The van der Waals surface area contributed by atoms with E-state index in [1.807, 2.05) is 13.0 Å². The van der Waals surface area contributed by atoms with Gasteiger partial charge in [-0.2, -0.15) is 0 Å². The lowest BCUT2D eigenvalue weighted by Gasteiger charge is -2.28. The third-order valence-electron chi connectivity index (χ3n) is 2.69. The SMILES string of the molecule is Cc1cc([N+](C)(C)C)c(C(C)C)cc1O. The Labute approximate surface area is 92.8 Å². The van der Waals surface area contributed by atoms with Gasteiger partial charge in [0.15, 0.2) is 0 Å². The van der Waals surface area contributed by atoms with Gasteiger partial charge in [-0.3, -0.25) is 4.48 Å². The molecule has 0 spiro atoms. The topological polar surface area (TPSA) is 20.2 Å². The maximum atomic E-state index is 9.73. The maximum Gasteiger partial charge on any atom is 0.136 e. The minimum atomic E-state index is 0.399. The van der Waals surface area contributed by atoms with E-state index in [4.69, 9.17) is 0 Å². The fourth-order valence-corrected chi connectivity index (χ4v) is 1.74. The van der Waals surface area contributed by atoms with E-state index in [1.54, 1.807) is 0 Å². The zero-order chi connectivity index (χ0) is 11.8. The normalized spacial score (nSPS) is 12.2. The molecule has 0 fully saturated rings. The summed E-state index contributed by atoms with van der Waals surface area (Å²) in [6.07, 6.45) is 0. The van der Waals surface area contributed by atoms with Crippen molar-refractivity contribution >= 4 is 5.69 Å². The van der Waals surface area contributed by atoms with E-state index in [0.717, 1.165) is 10.0 Å². The molecule has 0 radical (unpaired) electrons. The first kappa shape index (κ1) is 12.1. The van der Waals surface area contributed by atoms with Crippen molar-refractivity contribution in [3.8, 4) is 5.75 Å². The lowest BCUT2D eigenvalue weighted by Crippen LogP contribution is -2.36. The smallest absolute Gasteiger partial charge is 0.136 e. The summed E-state index contributed by atoms with van der Waals surface area (Å²) in [4.78, 5) is 0. The molecule has 1 rings (SSSR count). The van der Waals surface area contributed by atoms with E-state index in [2.05, 4.69) is 41.1 Å². The van der Waals surface area contributed by atoms with Crippen molar-refractivity contribution in [3.63, 3.8) is 0 Å². The van der Waals surface area contributed by atoms with Gasteiger partial charge in [0.05, 0.1) is 21.1 Å². The van der Waals surface area contributed by atoms with Crippen LogP contribution in [0.3, 0.4) is 0 Å². The molecule has 0 bridgehead atoms. The molecule has 1 N–H and O–H groups in total. The molecule has 1 aromatic carbocycles. The summed E-state index contributed by atoms with van der Waals surface area (Å²) in [6.45, 7) is 6.26. The molecule has 0 saturated heterocycles. The number of aryl methyl sites for hydroxylation is 1. The fraction of sp³-hybridized carbons (Fsp3) is 0.538. The van der Waals surface area contributed by atoms with Crippen LogP contribution in [0.25, 0.3) is 0 Å². The highest BCUT2D eigenvalue weighted by atomic mass is 16.3. The van der Waals surface area contributed by atoms with Crippen molar-refractivity contribution in [2.75, 3.05) is 21.1 Å². The summed E-state index contributed by atoms with van der Waals surface area (Å²) in [5.41, 5.74) is 3.45. The Morgan fingerprint density at radius 2 is 1.67 bits per heavy atom. The molecular weight excluding hydrogens is 186 g/mol. The Morgan fingerprint density at radius 1 is 1.13 bits per heavy atom. The van der Waals surface area contributed by atoms with Crippen molar-refractivity contribution in [1.82, 2.24) is 4.48 Å². The van der Waals surface area contributed by atoms with Crippen molar-refractivity contribution in [3.05, 3.63) is 23.3 Å². The highest BCUT2D eigenvalue weighted by Gasteiger charge is 2.21. The maximum absolute atomic E-state index is 9.73. The molecule has 0 aromatic heterocycles. The van der Waals surface area contributed by atoms with E-state index < -0.39 is 0 Å². The van der Waals surface area contributed by atoms with Crippen LogP contribution in [0.15, 0.2) is 12.1 Å². The molecule has 15 heavy (non-hydrogen) atoms. The molecule has 0 heterocycles. The number of hydrogen-bond acceptors (Lipinski definition) is 1. The molecule has 2 heteroatoms. The summed E-state index contributed by atoms with van der Waals surface area (Å²) < 4.78 is 0.786. The largest absolute Gasteiger partial charge is 0.508 e. The quantitative estimate of drug-likeness (QED) is 0.741. The lowest BCUT2D eigenvalue weighted by atomic mass is 9.97. The van der Waals surface area contributed by atoms with Crippen LogP contribution in [0, 0.1) is 6.92 Å². The molecule has 0 amide bonds. The molecule has 0 aliphatic heterocycles. The van der Waals surface area contributed by atoms with Gasteiger partial charge in [-0.25, -0.2) is 0 Å². The minimum absolute atomic E-state index is 0.399. The van der Waals surface area contributed by atoms with Crippen LogP contribution < -0.4 is 4.48 Å². The minimum Gasteiger partial charge on any atom is -0.508 e. The van der Waals surface area contributed by atoms with E-state index in [1.165, 1.54) is 11.3 Å². The first-order valence-electron chi connectivity index (χ1n) is 5.39. The zero-order valence-electron chi connectivity index (χ0n) is 10.6. The second-order valence-corrected chi connectivity index (χ2v) is 5.36. The number of quaternary nitrogens is 1. The Kier molecular flexibility index (Phi) is 3.10. The average molecular weight is 208 g/mol. The summed E-state index contributed by atoms with van der Waals surface area (Å²) in [6, 6.07) is 3.99. The van der Waals surface area contributed by atoms with Gasteiger partial charge in [-0.1, -0.05) is 13.8 Å². The van der Waals surface area contributed by atoms with E-state index in [9.17, 15) is 5.11 Å². The first-order chi connectivity index (χ1) is 6.73. The van der Waals surface area contributed by atoms with Crippen molar-refractivity contribution < 1.29 is 5.11 Å². The second-order valence-electron chi connectivity index (χ2n) is 5.36. The third kappa shape index (κ3) is 2.51. The van der Waals surface area contributed by atoms with E-state index in [0.29, 0.717) is 11.7 Å². The number of aromatic hydroxyl groups is 1. The first-order valence-corrected chi connectivity index (χ1v) is 5.39. The molecule has 0 saturated carbocycles. The number of nitrogens with zero attached hydrogens (tertiary/aromatic N) is 1. The van der Waals surface area contributed by atoms with Crippen LogP contribution in [0.1, 0.15) is 30.9 Å². The molecule has 0 aliphatic carbocycles. The van der Waals surface area contributed by atoms with Crippen molar-refractivity contribution in [2.24, 2.45) is 0 Å². The van der Waals surface area contributed by atoms with Gasteiger partial charge in [0, 0.05) is 11.6 Å². The fourth-order valence-electron chi connectivity index (χ4n) is 1.74. The molecule has 0 aliphatic rings. The van der Waals surface area contributed by atoms with Crippen LogP contribution >= 0.6 is 0 Å². The van der Waals surface area contributed by atoms with Crippen LogP contribution in [0.2, 0.25) is 0 Å². The van der Waals surface area contributed by atoms with Gasteiger partial charge in [-0.15, -0.1) is 0 Å². The van der Waals surface area contributed by atoms with Crippen molar-refractivity contribution in [2.45, 2.75) is 26.7 Å². The molecule has 0 unspecified atom stereocenters. The van der Waals surface area contributed by atoms with Crippen LogP contribution in [-0.2, 0) is 0 Å². The number of hydrogen-bond donors (Lipinski definition) is 1. The third-order valence-corrected chi connectivity index (χ3v) is 2.69. The molecule has 1 aromatic rings. The number of rotatable bonds is 2. The van der Waals surface area contributed by atoms with Gasteiger partial charge in [0.1, 0.15) is 11.4 Å². The predicted molar refractivity (Wildman–Crippen MR) is 66.5 cm³/mol. The lowest BCUT2D eigenvalue weighted by molar-refractivity contribution is 0.460. The van der Waals surface area contributed by atoms with Crippen molar-refractivity contribution in [1.29, 1.82) is 0 Å². The Morgan fingerprint density at radius 3 is 2.07 bits per heavy atom. The van der Waals surface area contributed by atoms with Gasteiger partial charge in [-0.05, 0) is 24.5 Å². The molecule has 2 nitrogen and oxygen atoms in total. The van der Waals surface area contributed by atoms with E-state index >= 15 is 0 Å². The average Bonchev–Trinajstić information content (AvgIpc) is 2.06. The van der Waals surface area contributed by atoms with E-state index in [-0.39, 0.29) is 0 Å².